The third-order valence-corrected chi connectivity index (χ3v) is 3.50. The Kier molecular flexibility index (Phi) is 3.97. The molecule has 0 spiro atoms. The van der Waals surface area contributed by atoms with E-state index in [1.165, 1.54) is 12.1 Å². The van der Waals surface area contributed by atoms with Gasteiger partial charge >= 0.3 is 0 Å². The lowest BCUT2D eigenvalue weighted by atomic mass is 10.1. The third-order valence-electron chi connectivity index (χ3n) is 3.50. The number of nitrogens with zero attached hydrogens (tertiary/aromatic N) is 2. The van der Waals surface area contributed by atoms with Crippen molar-refractivity contribution in [2.45, 2.75) is 25.4 Å². The van der Waals surface area contributed by atoms with Crippen molar-refractivity contribution in [2.24, 2.45) is 5.92 Å². The number of anilines is 1. The Morgan fingerprint density at radius 1 is 1.53 bits per heavy atom. The van der Waals surface area contributed by atoms with Crippen LogP contribution in [0.4, 0.5) is 11.4 Å². The van der Waals surface area contributed by atoms with Crippen LogP contribution in [-0.4, -0.2) is 22.7 Å². The summed E-state index contributed by atoms with van der Waals surface area (Å²) in [6.07, 6.45) is 2.38. The van der Waals surface area contributed by atoms with Crippen molar-refractivity contribution in [1.29, 1.82) is 5.26 Å². The molecule has 2 N–H and O–H groups in total. The fourth-order valence-electron chi connectivity index (χ4n) is 2.40. The third kappa shape index (κ3) is 3.01. The van der Waals surface area contributed by atoms with E-state index in [4.69, 9.17) is 5.26 Å². The van der Waals surface area contributed by atoms with Crippen molar-refractivity contribution < 1.29 is 10.0 Å². The van der Waals surface area contributed by atoms with Crippen molar-refractivity contribution in [3.63, 3.8) is 0 Å². The van der Waals surface area contributed by atoms with Gasteiger partial charge < -0.3 is 10.4 Å². The quantitative estimate of drug-likeness (QED) is 0.638. The second-order valence-electron chi connectivity index (χ2n) is 4.74. The molecule has 0 saturated heterocycles. The van der Waals surface area contributed by atoms with Gasteiger partial charge in [-0.2, -0.15) is 5.26 Å². The summed E-state index contributed by atoms with van der Waals surface area (Å²) >= 11 is 0. The van der Waals surface area contributed by atoms with Crippen LogP contribution < -0.4 is 5.32 Å². The minimum absolute atomic E-state index is 0.105. The molecule has 0 aliphatic heterocycles. The van der Waals surface area contributed by atoms with Crippen LogP contribution in [0.3, 0.4) is 0 Å². The minimum atomic E-state index is -0.506. The minimum Gasteiger partial charge on any atom is -0.393 e. The lowest BCUT2D eigenvalue weighted by molar-refractivity contribution is -0.384. The van der Waals surface area contributed by atoms with Crippen LogP contribution in [-0.2, 0) is 0 Å². The standard InChI is InChI=1S/C13H15N3O3/c14-7-9-4-5-11(12(6-9)16(18)19)15-8-10-2-1-3-13(10)17/h4-6,10,13,15,17H,1-3,8H2. The van der Waals surface area contributed by atoms with E-state index < -0.39 is 4.92 Å². The first-order valence-electron chi connectivity index (χ1n) is 6.22. The van der Waals surface area contributed by atoms with Crippen molar-refractivity contribution in [3.8, 4) is 6.07 Å². The average Bonchev–Trinajstić information content (AvgIpc) is 2.81. The van der Waals surface area contributed by atoms with Gasteiger partial charge in [-0.1, -0.05) is 6.42 Å². The SMILES string of the molecule is N#Cc1ccc(NCC2CCCC2O)c([N+](=O)[O-])c1. The van der Waals surface area contributed by atoms with Crippen LogP contribution in [0.15, 0.2) is 18.2 Å². The van der Waals surface area contributed by atoms with Gasteiger partial charge in [-0.05, 0) is 25.0 Å². The predicted octanol–water partition coefficient (Wildman–Crippen LogP) is 2.04. The summed E-state index contributed by atoms with van der Waals surface area (Å²) in [4.78, 5) is 10.5. The van der Waals surface area contributed by atoms with E-state index in [1.54, 1.807) is 6.07 Å². The Hall–Kier alpha value is -2.13. The van der Waals surface area contributed by atoms with Crippen molar-refractivity contribution in [1.82, 2.24) is 0 Å². The normalized spacial score (nSPS) is 21.9. The van der Waals surface area contributed by atoms with E-state index in [0.717, 1.165) is 19.3 Å². The zero-order valence-electron chi connectivity index (χ0n) is 10.4. The van der Waals surface area contributed by atoms with Crippen molar-refractivity contribution in [3.05, 3.63) is 33.9 Å². The second kappa shape index (κ2) is 5.67. The number of nitriles is 1. The molecule has 100 valence electrons. The number of nitrogens with one attached hydrogen (secondary N) is 1. The van der Waals surface area contributed by atoms with Gasteiger partial charge in [0.25, 0.3) is 5.69 Å². The zero-order chi connectivity index (χ0) is 13.8. The number of rotatable bonds is 4. The molecule has 2 atom stereocenters. The molecule has 1 fully saturated rings. The number of benzene rings is 1. The first-order chi connectivity index (χ1) is 9.11. The largest absolute Gasteiger partial charge is 0.393 e. The maximum absolute atomic E-state index is 11.0. The number of hydrogen-bond donors (Lipinski definition) is 2. The summed E-state index contributed by atoms with van der Waals surface area (Å²) in [5.41, 5.74) is 0.549. The van der Waals surface area contributed by atoms with Gasteiger partial charge in [0.05, 0.1) is 22.7 Å². The van der Waals surface area contributed by atoms with Crippen LogP contribution >= 0.6 is 0 Å². The second-order valence-corrected chi connectivity index (χ2v) is 4.74. The molecule has 1 aliphatic rings. The molecule has 2 unspecified atom stereocenters. The summed E-state index contributed by atoms with van der Waals surface area (Å²) < 4.78 is 0. The van der Waals surface area contributed by atoms with Gasteiger partial charge in [0.1, 0.15) is 5.69 Å². The molecule has 0 radical (unpaired) electrons. The molecule has 0 amide bonds. The van der Waals surface area contributed by atoms with Gasteiger partial charge in [0.2, 0.25) is 0 Å². The Morgan fingerprint density at radius 3 is 2.89 bits per heavy atom. The lowest BCUT2D eigenvalue weighted by Crippen LogP contribution is -2.22. The molecule has 1 saturated carbocycles. The van der Waals surface area contributed by atoms with E-state index in [-0.39, 0.29) is 23.3 Å². The molecule has 19 heavy (non-hydrogen) atoms. The highest BCUT2D eigenvalue weighted by molar-refractivity contribution is 5.64. The molecule has 1 aliphatic carbocycles. The van der Waals surface area contributed by atoms with E-state index in [2.05, 4.69) is 5.32 Å². The number of aliphatic hydroxyl groups is 1. The maximum Gasteiger partial charge on any atom is 0.293 e. The number of nitro benzene ring substituents is 1. The number of nitro groups is 1. The highest BCUT2D eigenvalue weighted by atomic mass is 16.6. The maximum atomic E-state index is 11.0. The van der Waals surface area contributed by atoms with Gasteiger partial charge in [-0.3, -0.25) is 10.1 Å². The van der Waals surface area contributed by atoms with Crippen molar-refractivity contribution >= 4 is 11.4 Å². The predicted molar refractivity (Wildman–Crippen MR) is 69.6 cm³/mol. The molecule has 0 bridgehead atoms. The van der Waals surface area contributed by atoms with E-state index in [9.17, 15) is 15.2 Å². The molecule has 6 nitrogen and oxygen atoms in total. The van der Waals surface area contributed by atoms with E-state index in [1.807, 2.05) is 6.07 Å². The van der Waals surface area contributed by atoms with Crippen LogP contribution in [0.25, 0.3) is 0 Å². The molecule has 6 heteroatoms. The van der Waals surface area contributed by atoms with Gasteiger partial charge in [0.15, 0.2) is 0 Å². The fraction of sp³-hybridized carbons (Fsp3) is 0.462. The van der Waals surface area contributed by atoms with Gasteiger partial charge in [-0.25, -0.2) is 0 Å². The fourth-order valence-corrected chi connectivity index (χ4v) is 2.40. The van der Waals surface area contributed by atoms with Crippen LogP contribution in [0.5, 0.6) is 0 Å². The van der Waals surface area contributed by atoms with Gasteiger partial charge in [-0.15, -0.1) is 0 Å². The molecule has 0 heterocycles. The Labute approximate surface area is 110 Å². The van der Waals surface area contributed by atoms with Crippen LogP contribution in [0, 0.1) is 27.4 Å². The lowest BCUT2D eigenvalue weighted by Gasteiger charge is -2.15. The monoisotopic (exact) mass is 261 g/mol. The molecule has 0 aromatic heterocycles. The average molecular weight is 261 g/mol. The summed E-state index contributed by atoms with van der Waals surface area (Å²) in [5, 5.41) is 32.4. The van der Waals surface area contributed by atoms with E-state index >= 15 is 0 Å². The van der Waals surface area contributed by atoms with Crippen LogP contribution in [0.2, 0.25) is 0 Å². The van der Waals surface area contributed by atoms with E-state index in [0.29, 0.717) is 12.2 Å². The summed E-state index contributed by atoms with van der Waals surface area (Å²) in [6.45, 7) is 0.508. The Balaban J connectivity index is 2.11. The van der Waals surface area contributed by atoms with Gasteiger partial charge in [0, 0.05) is 18.5 Å². The molecule has 1 aromatic carbocycles. The molecular formula is C13H15N3O3. The Bertz CT molecular complexity index is 524. The highest BCUT2D eigenvalue weighted by Gasteiger charge is 2.25. The molecule has 2 rings (SSSR count). The van der Waals surface area contributed by atoms with Crippen molar-refractivity contribution in [2.75, 3.05) is 11.9 Å². The summed E-state index contributed by atoms with van der Waals surface area (Å²) in [5.74, 6) is 0.134. The number of hydrogen-bond acceptors (Lipinski definition) is 5. The summed E-state index contributed by atoms with van der Waals surface area (Å²) in [6, 6.07) is 6.22. The zero-order valence-corrected chi connectivity index (χ0v) is 10.4. The Morgan fingerprint density at radius 2 is 2.32 bits per heavy atom. The topological polar surface area (TPSA) is 99.2 Å². The summed E-state index contributed by atoms with van der Waals surface area (Å²) in [7, 11) is 0. The molecular weight excluding hydrogens is 246 g/mol. The smallest absolute Gasteiger partial charge is 0.293 e. The number of aliphatic hydroxyl groups excluding tert-OH is 1. The highest BCUT2D eigenvalue weighted by Crippen LogP contribution is 2.29. The molecule has 1 aromatic rings. The first-order valence-corrected chi connectivity index (χ1v) is 6.22. The van der Waals surface area contributed by atoms with Crippen LogP contribution in [0.1, 0.15) is 24.8 Å². The first kappa shape index (κ1) is 13.3.